The van der Waals surface area contributed by atoms with Gasteiger partial charge in [0.25, 0.3) is 0 Å². The first-order valence-corrected chi connectivity index (χ1v) is 6.81. The molecular formula is C14H22BrN. The van der Waals surface area contributed by atoms with Gasteiger partial charge >= 0.3 is 0 Å². The third-order valence-corrected chi connectivity index (χ3v) is 3.71. The molecule has 16 heavy (non-hydrogen) atoms. The predicted octanol–water partition coefficient (Wildman–Crippen LogP) is 4.99. The first-order valence-electron chi connectivity index (χ1n) is 6.02. The number of rotatable bonds is 5. The Morgan fingerprint density at radius 3 is 2.50 bits per heavy atom. The van der Waals surface area contributed by atoms with Crippen molar-refractivity contribution < 1.29 is 0 Å². The maximum absolute atomic E-state index is 3.58. The molecule has 0 heterocycles. The molecule has 0 fully saturated rings. The van der Waals surface area contributed by atoms with Gasteiger partial charge in [-0.25, -0.2) is 0 Å². The van der Waals surface area contributed by atoms with Crippen molar-refractivity contribution in [2.24, 2.45) is 5.92 Å². The number of hydrogen-bond acceptors (Lipinski definition) is 1. The Hall–Kier alpha value is -0.500. The monoisotopic (exact) mass is 283 g/mol. The minimum absolute atomic E-state index is 0.537. The molecule has 0 amide bonds. The molecule has 0 radical (unpaired) electrons. The second-order valence-corrected chi connectivity index (χ2v) is 5.78. The molecule has 0 aliphatic carbocycles. The average Bonchev–Trinajstić information content (AvgIpc) is 2.22. The third kappa shape index (κ3) is 4.17. The Kier molecular flexibility index (Phi) is 5.33. The van der Waals surface area contributed by atoms with Gasteiger partial charge in [0.1, 0.15) is 0 Å². The number of anilines is 1. The standard InChI is InChI=1S/C14H22BrN/c1-10(2)8-9-11(3)16-14-7-5-6-13(15)12(14)4/h5-7,10-11,16H,8-9H2,1-4H3. The summed E-state index contributed by atoms with van der Waals surface area (Å²) in [4.78, 5) is 0. The van der Waals surface area contributed by atoms with Crippen LogP contribution in [-0.2, 0) is 0 Å². The highest BCUT2D eigenvalue weighted by atomic mass is 79.9. The van der Waals surface area contributed by atoms with Crippen LogP contribution in [0.15, 0.2) is 22.7 Å². The first-order chi connectivity index (χ1) is 7.50. The number of hydrogen-bond donors (Lipinski definition) is 1. The fourth-order valence-electron chi connectivity index (χ4n) is 1.68. The van der Waals surface area contributed by atoms with Crippen molar-refractivity contribution in [2.75, 3.05) is 5.32 Å². The molecule has 1 N–H and O–H groups in total. The van der Waals surface area contributed by atoms with Crippen molar-refractivity contribution in [1.82, 2.24) is 0 Å². The molecule has 90 valence electrons. The van der Waals surface area contributed by atoms with Gasteiger partial charge in [0.2, 0.25) is 0 Å². The zero-order valence-corrected chi connectivity index (χ0v) is 12.3. The fraction of sp³-hybridized carbons (Fsp3) is 0.571. The van der Waals surface area contributed by atoms with Crippen molar-refractivity contribution >= 4 is 21.6 Å². The Balaban J connectivity index is 2.56. The van der Waals surface area contributed by atoms with Gasteiger partial charge in [-0.15, -0.1) is 0 Å². The summed E-state index contributed by atoms with van der Waals surface area (Å²) in [5.74, 6) is 0.785. The summed E-state index contributed by atoms with van der Waals surface area (Å²) >= 11 is 3.56. The van der Waals surface area contributed by atoms with Crippen molar-refractivity contribution in [3.8, 4) is 0 Å². The van der Waals surface area contributed by atoms with E-state index in [1.807, 2.05) is 0 Å². The van der Waals surface area contributed by atoms with Crippen LogP contribution < -0.4 is 5.32 Å². The molecule has 1 rings (SSSR count). The quantitative estimate of drug-likeness (QED) is 0.802. The molecule has 0 saturated heterocycles. The van der Waals surface area contributed by atoms with Crippen LogP contribution in [0.3, 0.4) is 0 Å². The SMILES string of the molecule is Cc1c(Br)cccc1NC(C)CCC(C)C. The number of benzene rings is 1. The predicted molar refractivity (Wildman–Crippen MR) is 76.0 cm³/mol. The Morgan fingerprint density at radius 1 is 1.19 bits per heavy atom. The maximum Gasteiger partial charge on any atom is 0.0383 e. The van der Waals surface area contributed by atoms with Gasteiger partial charge in [-0.2, -0.15) is 0 Å². The number of nitrogens with one attached hydrogen (secondary N) is 1. The van der Waals surface area contributed by atoms with Gasteiger partial charge in [0.15, 0.2) is 0 Å². The van der Waals surface area contributed by atoms with Gasteiger partial charge in [0, 0.05) is 16.2 Å². The lowest BCUT2D eigenvalue weighted by atomic mass is 10.0. The van der Waals surface area contributed by atoms with Crippen molar-refractivity contribution in [1.29, 1.82) is 0 Å². The summed E-state index contributed by atoms with van der Waals surface area (Å²) in [5.41, 5.74) is 2.53. The summed E-state index contributed by atoms with van der Waals surface area (Å²) in [6, 6.07) is 6.84. The molecule has 2 heteroatoms. The van der Waals surface area contributed by atoms with E-state index in [4.69, 9.17) is 0 Å². The molecule has 1 aromatic carbocycles. The van der Waals surface area contributed by atoms with Crippen molar-refractivity contribution in [3.05, 3.63) is 28.2 Å². The molecule has 0 aliphatic heterocycles. The van der Waals surface area contributed by atoms with Gasteiger partial charge in [-0.3, -0.25) is 0 Å². The summed E-state index contributed by atoms with van der Waals surface area (Å²) < 4.78 is 1.17. The minimum Gasteiger partial charge on any atom is -0.382 e. The van der Waals surface area contributed by atoms with E-state index in [0.717, 1.165) is 5.92 Å². The molecule has 0 spiro atoms. The molecule has 0 aromatic heterocycles. The molecule has 1 nitrogen and oxygen atoms in total. The van der Waals surface area contributed by atoms with Crippen LogP contribution in [0.1, 0.15) is 39.2 Å². The van der Waals surface area contributed by atoms with Gasteiger partial charge in [0.05, 0.1) is 0 Å². The molecule has 0 saturated carbocycles. The molecule has 0 bridgehead atoms. The molecule has 1 aromatic rings. The van der Waals surface area contributed by atoms with Crippen LogP contribution in [0.2, 0.25) is 0 Å². The molecule has 1 atom stereocenters. The Labute approximate surface area is 108 Å². The van der Waals surface area contributed by atoms with E-state index in [1.165, 1.54) is 28.6 Å². The van der Waals surface area contributed by atoms with Crippen LogP contribution in [0, 0.1) is 12.8 Å². The highest BCUT2D eigenvalue weighted by Gasteiger charge is 2.06. The van der Waals surface area contributed by atoms with Crippen LogP contribution in [-0.4, -0.2) is 6.04 Å². The highest BCUT2D eigenvalue weighted by molar-refractivity contribution is 9.10. The van der Waals surface area contributed by atoms with Crippen LogP contribution in [0.4, 0.5) is 5.69 Å². The summed E-state index contributed by atoms with van der Waals surface area (Å²) in [7, 11) is 0. The largest absolute Gasteiger partial charge is 0.382 e. The van der Waals surface area contributed by atoms with Crippen molar-refractivity contribution in [3.63, 3.8) is 0 Å². The van der Waals surface area contributed by atoms with Crippen LogP contribution >= 0.6 is 15.9 Å². The lowest BCUT2D eigenvalue weighted by Crippen LogP contribution is -2.16. The second kappa shape index (κ2) is 6.29. The van der Waals surface area contributed by atoms with Gasteiger partial charge < -0.3 is 5.32 Å². The Morgan fingerprint density at radius 2 is 1.88 bits per heavy atom. The first kappa shape index (κ1) is 13.6. The minimum atomic E-state index is 0.537. The van der Waals surface area contributed by atoms with E-state index in [2.05, 4.69) is 67.1 Å². The number of halogens is 1. The summed E-state index contributed by atoms with van der Waals surface area (Å²) in [6.45, 7) is 8.94. The normalized spacial score (nSPS) is 12.9. The lowest BCUT2D eigenvalue weighted by molar-refractivity contribution is 0.527. The lowest BCUT2D eigenvalue weighted by Gasteiger charge is -2.18. The van der Waals surface area contributed by atoms with E-state index in [9.17, 15) is 0 Å². The second-order valence-electron chi connectivity index (χ2n) is 4.93. The zero-order chi connectivity index (χ0) is 12.1. The third-order valence-electron chi connectivity index (χ3n) is 2.85. The van der Waals surface area contributed by atoms with E-state index < -0.39 is 0 Å². The molecule has 0 aliphatic rings. The fourth-order valence-corrected chi connectivity index (χ4v) is 2.05. The van der Waals surface area contributed by atoms with E-state index in [-0.39, 0.29) is 0 Å². The average molecular weight is 284 g/mol. The maximum atomic E-state index is 3.58. The van der Waals surface area contributed by atoms with Crippen LogP contribution in [0.25, 0.3) is 0 Å². The highest BCUT2D eigenvalue weighted by Crippen LogP contribution is 2.24. The summed E-state index contributed by atoms with van der Waals surface area (Å²) in [6.07, 6.45) is 2.50. The molecule has 1 unspecified atom stereocenters. The van der Waals surface area contributed by atoms with E-state index in [1.54, 1.807) is 0 Å². The van der Waals surface area contributed by atoms with Crippen molar-refractivity contribution in [2.45, 2.75) is 46.6 Å². The Bertz CT molecular complexity index is 334. The van der Waals surface area contributed by atoms with Gasteiger partial charge in [-0.1, -0.05) is 35.8 Å². The van der Waals surface area contributed by atoms with E-state index in [0.29, 0.717) is 6.04 Å². The summed E-state index contributed by atoms with van der Waals surface area (Å²) in [5, 5.41) is 3.58. The zero-order valence-electron chi connectivity index (χ0n) is 10.7. The van der Waals surface area contributed by atoms with Crippen LogP contribution in [0.5, 0.6) is 0 Å². The van der Waals surface area contributed by atoms with E-state index >= 15 is 0 Å². The topological polar surface area (TPSA) is 12.0 Å². The van der Waals surface area contributed by atoms with Gasteiger partial charge in [-0.05, 0) is 50.3 Å². The molecular weight excluding hydrogens is 262 g/mol. The smallest absolute Gasteiger partial charge is 0.0383 e.